The molecule has 2 rings (SSSR count). The average Bonchev–Trinajstić information content (AvgIpc) is 2.56. The van der Waals surface area contributed by atoms with Gasteiger partial charge in [0.25, 0.3) is 11.6 Å². The van der Waals surface area contributed by atoms with Crippen LogP contribution >= 0.6 is 0 Å². The molecule has 0 aliphatic rings. The number of rotatable bonds is 5. The number of benzene rings is 2. The van der Waals surface area contributed by atoms with Crippen LogP contribution in [0.2, 0.25) is 0 Å². The zero-order valence-electron chi connectivity index (χ0n) is 12.3. The van der Waals surface area contributed by atoms with Crippen LogP contribution in [0.15, 0.2) is 54.6 Å². The lowest BCUT2D eigenvalue weighted by molar-refractivity contribution is -0.384. The maximum atomic E-state index is 12.6. The summed E-state index contributed by atoms with van der Waals surface area (Å²) in [6.07, 6.45) is -0.721. The van der Waals surface area contributed by atoms with Crippen molar-refractivity contribution in [3.05, 3.63) is 70.3 Å². The molecule has 0 heterocycles. The molecule has 2 aromatic rings. The van der Waals surface area contributed by atoms with Gasteiger partial charge in [0.1, 0.15) is 0 Å². The van der Waals surface area contributed by atoms with Crippen LogP contribution in [0.5, 0.6) is 0 Å². The second-order valence-corrected chi connectivity index (χ2v) is 4.70. The molecular weight excluding hydrogens is 284 g/mol. The van der Waals surface area contributed by atoms with Crippen LogP contribution in [0.25, 0.3) is 0 Å². The number of anilines is 1. The van der Waals surface area contributed by atoms with E-state index in [1.165, 1.54) is 36.3 Å². The molecule has 0 N–H and O–H groups in total. The molecule has 2 aromatic carbocycles. The van der Waals surface area contributed by atoms with Crippen molar-refractivity contribution in [1.82, 2.24) is 0 Å². The van der Waals surface area contributed by atoms with Gasteiger partial charge in [0.05, 0.1) is 4.92 Å². The van der Waals surface area contributed by atoms with Crippen LogP contribution in [0.1, 0.15) is 11.7 Å². The summed E-state index contributed by atoms with van der Waals surface area (Å²) < 4.78 is 5.30. The molecule has 0 fully saturated rings. The summed E-state index contributed by atoms with van der Waals surface area (Å²) in [4.78, 5) is 24.2. The topological polar surface area (TPSA) is 72.7 Å². The van der Waals surface area contributed by atoms with Gasteiger partial charge in [-0.15, -0.1) is 0 Å². The highest BCUT2D eigenvalue weighted by Gasteiger charge is 2.24. The van der Waals surface area contributed by atoms with Crippen LogP contribution in [0.3, 0.4) is 0 Å². The Balaban J connectivity index is 2.22. The first kappa shape index (κ1) is 15.7. The lowest BCUT2D eigenvalue weighted by Gasteiger charge is -2.23. The zero-order valence-corrected chi connectivity index (χ0v) is 12.3. The SMILES string of the molecule is CO[C@H](C(=O)N(C)c1ccc([N+](=O)[O-])cc1)c1ccccc1. The molecule has 0 saturated heterocycles. The van der Waals surface area contributed by atoms with E-state index in [1.807, 2.05) is 30.3 Å². The third kappa shape index (κ3) is 3.29. The highest BCUT2D eigenvalue weighted by atomic mass is 16.6. The molecule has 6 heteroatoms. The number of hydrogen-bond acceptors (Lipinski definition) is 4. The number of carbonyl (C=O) groups is 1. The summed E-state index contributed by atoms with van der Waals surface area (Å²) in [6, 6.07) is 15.0. The van der Waals surface area contributed by atoms with E-state index in [-0.39, 0.29) is 11.6 Å². The maximum absolute atomic E-state index is 12.6. The van der Waals surface area contributed by atoms with Crippen molar-refractivity contribution in [2.24, 2.45) is 0 Å². The first-order chi connectivity index (χ1) is 10.5. The predicted molar refractivity (Wildman–Crippen MR) is 82.7 cm³/mol. The lowest BCUT2D eigenvalue weighted by Crippen LogP contribution is -2.32. The molecule has 114 valence electrons. The first-order valence-corrected chi connectivity index (χ1v) is 6.64. The molecule has 0 aliphatic carbocycles. The molecule has 0 aromatic heterocycles. The zero-order chi connectivity index (χ0) is 16.1. The third-order valence-corrected chi connectivity index (χ3v) is 3.34. The monoisotopic (exact) mass is 300 g/mol. The van der Waals surface area contributed by atoms with Gasteiger partial charge in [-0.1, -0.05) is 30.3 Å². The average molecular weight is 300 g/mol. The van der Waals surface area contributed by atoms with E-state index >= 15 is 0 Å². The Hall–Kier alpha value is -2.73. The number of nitrogens with zero attached hydrogens (tertiary/aromatic N) is 2. The number of likely N-dealkylation sites (N-methyl/N-ethyl adjacent to an activating group) is 1. The molecule has 0 spiro atoms. The van der Waals surface area contributed by atoms with Crippen molar-refractivity contribution in [3.63, 3.8) is 0 Å². The van der Waals surface area contributed by atoms with Gasteiger partial charge < -0.3 is 9.64 Å². The summed E-state index contributed by atoms with van der Waals surface area (Å²) in [5.74, 6) is -0.248. The molecule has 22 heavy (non-hydrogen) atoms. The second kappa shape index (κ2) is 6.82. The molecular formula is C16H16N2O4. The van der Waals surface area contributed by atoms with Crippen LogP contribution < -0.4 is 4.90 Å². The molecule has 0 aliphatic heterocycles. The van der Waals surface area contributed by atoms with Crippen molar-refractivity contribution < 1.29 is 14.5 Å². The van der Waals surface area contributed by atoms with Crippen LogP contribution in [-0.2, 0) is 9.53 Å². The van der Waals surface area contributed by atoms with Gasteiger partial charge in [0, 0.05) is 32.0 Å². The van der Waals surface area contributed by atoms with Crippen molar-refractivity contribution in [3.8, 4) is 0 Å². The number of carbonyl (C=O) groups excluding carboxylic acids is 1. The van der Waals surface area contributed by atoms with E-state index in [4.69, 9.17) is 4.74 Å². The Labute approximate surface area is 128 Å². The highest BCUT2D eigenvalue weighted by Crippen LogP contribution is 2.24. The fourth-order valence-electron chi connectivity index (χ4n) is 2.11. The Morgan fingerprint density at radius 2 is 1.73 bits per heavy atom. The number of amides is 1. The Morgan fingerprint density at radius 1 is 1.14 bits per heavy atom. The number of hydrogen-bond donors (Lipinski definition) is 0. The third-order valence-electron chi connectivity index (χ3n) is 3.34. The van der Waals surface area contributed by atoms with E-state index in [0.717, 1.165) is 5.56 Å². The van der Waals surface area contributed by atoms with Gasteiger partial charge in [-0.25, -0.2) is 0 Å². The van der Waals surface area contributed by atoms with Crippen LogP contribution in [0.4, 0.5) is 11.4 Å². The number of nitro benzene ring substituents is 1. The van der Waals surface area contributed by atoms with Gasteiger partial charge in [-0.05, 0) is 17.7 Å². The summed E-state index contributed by atoms with van der Waals surface area (Å²) in [5, 5.41) is 10.7. The molecule has 0 radical (unpaired) electrons. The number of non-ortho nitro benzene ring substituents is 1. The molecule has 1 atom stereocenters. The quantitative estimate of drug-likeness (QED) is 0.628. The summed E-state index contributed by atoms with van der Waals surface area (Å²) in [7, 11) is 3.08. The number of nitro groups is 1. The number of ether oxygens (including phenoxy) is 1. The minimum Gasteiger partial charge on any atom is -0.367 e. The summed E-state index contributed by atoms with van der Waals surface area (Å²) in [6.45, 7) is 0. The lowest BCUT2D eigenvalue weighted by atomic mass is 10.1. The summed E-state index contributed by atoms with van der Waals surface area (Å²) >= 11 is 0. The summed E-state index contributed by atoms with van der Waals surface area (Å²) in [5.41, 5.74) is 1.30. The molecule has 0 unspecified atom stereocenters. The van der Waals surface area contributed by atoms with Gasteiger partial charge in [-0.3, -0.25) is 14.9 Å². The van der Waals surface area contributed by atoms with Crippen molar-refractivity contribution in [1.29, 1.82) is 0 Å². The van der Waals surface area contributed by atoms with E-state index in [9.17, 15) is 14.9 Å². The minimum absolute atomic E-state index is 0.0176. The van der Waals surface area contributed by atoms with Crippen LogP contribution in [-0.4, -0.2) is 25.0 Å². The van der Waals surface area contributed by atoms with Crippen molar-refractivity contribution in [2.75, 3.05) is 19.1 Å². The Kier molecular flexibility index (Phi) is 4.85. The molecule has 0 saturated carbocycles. The normalized spacial score (nSPS) is 11.7. The van der Waals surface area contributed by atoms with E-state index in [0.29, 0.717) is 5.69 Å². The Morgan fingerprint density at radius 3 is 2.23 bits per heavy atom. The largest absolute Gasteiger partial charge is 0.367 e. The van der Waals surface area contributed by atoms with E-state index < -0.39 is 11.0 Å². The molecule has 0 bridgehead atoms. The predicted octanol–water partition coefficient (Wildman–Crippen LogP) is 2.95. The van der Waals surface area contributed by atoms with Gasteiger partial charge in [0.15, 0.2) is 6.10 Å². The number of methoxy groups -OCH3 is 1. The fraction of sp³-hybridized carbons (Fsp3) is 0.188. The maximum Gasteiger partial charge on any atom is 0.269 e. The first-order valence-electron chi connectivity index (χ1n) is 6.64. The minimum atomic E-state index is -0.721. The smallest absolute Gasteiger partial charge is 0.269 e. The van der Waals surface area contributed by atoms with Crippen molar-refractivity contribution >= 4 is 17.3 Å². The Bertz CT molecular complexity index is 656. The van der Waals surface area contributed by atoms with Gasteiger partial charge in [-0.2, -0.15) is 0 Å². The van der Waals surface area contributed by atoms with Crippen LogP contribution in [0, 0.1) is 10.1 Å². The van der Waals surface area contributed by atoms with Gasteiger partial charge in [0.2, 0.25) is 0 Å². The highest BCUT2D eigenvalue weighted by molar-refractivity contribution is 5.96. The van der Waals surface area contributed by atoms with Gasteiger partial charge >= 0.3 is 0 Å². The molecule has 6 nitrogen and oxygen atoms in total. The molecule has 1 amide bonds. The van der Waals surface area contributed by atoms with Crippen molar-refractivity contribution in [2.45, 2.75) is 6.10 Å². The standard InChI is InChI=1S/C16H16N2O4/c1-17(13-8-10-14(11-9-13)18(20)21)16(19)15(22-2)12-6-4-3-5-7-12/h3-11,15H,1-2H3/t15-/m0/s1. The van der Waals surface area contributed by atoms with E-state index in [1.54, 1.807) is 7.05 Å². The fourth-order valence-corrected chi connectivity index (χ4v) is 2.11. The van der Waals surface area contributed by atoms with E-state index in [2.05, 4.69) is 0 Å². The second-order valence-electron chi connectivity index (χ2n) is 4.70.